The van der Waals surface area contributed by atoms with Crippen molar-refractivity contribution < 1.29 is 9.47 Å². The summed E-state index contributed by atoms with van der Waals surface area (Å²) >= 11 is 0. The second kappa shape index (κ2) is 10.5. The summed E-state index contributed by atoms with van der Waals surface area (Å²) in [6.45, 7) is 8.78. The highest BCUT2D eigenvalue weighted by molar-refractivity contribution is 5.20. The minimum Gasteiger partial charge on any atom is -0.465 e. The van der Waals surface area contributed by atoms with Gasteiger partial charge >= 0.3 is 0 Å². The molecule has 1 aliphatic carbocycles. The zero-order valence-electron chi connectivity index (χ0n) is 12.7. The molecular formula is C18H28O2. The van der Waals surface area contributed by atoms with Gasteiger partial charge in [0.2, 0.25) is 0 Å². The summed E-state index contributed by atoms with van der Waals surface area (Å²) in [7, 11) is 0. The number of benzene rings is 1. The smallest absolute Gasteiger partial charge is 0.196 e. The first-order chi connectivity index (χ1) is 9.84. The van der Waals surface area contributed by atoms with Crippen LogP contribution in [0.3, 0.4) is 0 Å². The van der Waals surface area contributed by atoms with E-state index in [1.165, 1.54) is 38.5 Å². The lowest BCUT2D eigenvalue weighted by Crippen LogP contribution is -2.19. The first-order valence-corrected chi connectivity index (χ1v) is 7.68. The van der Waals surface area contributed by atoms with Gasteiger partial charge in [-0.3, -0.25) is 0 Å². The highest BCUT2D eigenvalue weighted by Crippen LogP contribution is 2.26. The molecular weight excluding hydrogens is 248 g/mol. The Morgan fingerprint density at radius 1 is 1.10 bits per heavy atom. The van der Waals surface area contributed by atoms with Crippen LogP contribution in [0.25, 0.3) is 0 Å². The van der Waals surface area contributed by atoms with Crippen LogP contribution in [0.5, 0.6) is 5.75 Å². The van der Waals surface area contributed by atoms with Crippen molar-refractivity contribution in [2.45, 2.75) is 51.7 Å². The Labute approximate surface area is 123 Å². The van der Waals surface area contributed by atoms with E-state index in [9.17, 15) is 0 Å². The summed E-state index contributed by atoms with van der Waals surface area (Å²) in [5, 5.41) is 0. The molecule has 1 aromatic rings. The number of hydrogen-bond donors (Lipinski definition) is 0. The molecule has 1 saturated carbocycles. The number of para-hydroxylation sites is 1. The third kappa shape index (κ3) is 6.76. The third-order valence-electron chi connectivity index (χ3n) is 3.65. The Hall–Kier alpha value is -1.28. The van der Waals surface area contributed by atoms with Crippen LogP contribution in [0.2, 0.25) is 0 Å². The van der Waals surface area contributed by atoms with Gasteiger partial charge in [0, 0.05) is 0 Å². The highest BCUT2D eigenvalue weighted by Gasteiger charge is 2.13. The fraction of sp³-hybridized carbons (Fsp3) is 0.556. The van der Waals surface area contributed by atoms with Crippen LogP contribution in [-0.2, 0) is 4.74 Å². The standard InChI is InChI=1S/C16H24O2.C2H4/c1-14(18-16-10-6-3-7-11-16)17-13-12-15-8-4-2-5-9-15;1-2/h3,6-7,10-11,14-15H,2,4-5,8-9,12-13H2,1H3;1-2H2. The van der Waals surface area contributed by atoms with Crippen molar-refractivity contribution in [3.63, 3.8) is 0 Å². The first kappa shape index (κ1) is 16.8. The second-order valence-electron chi connectivity index (χ2n) is 5.16. The normalized spacial score (nSPS) is 16.9. The summed E-state index contributed by atoms with van der Waals surface area (Å²) < 4.78 is 11.4. The summed E-state index contributed by atoms with van der Waals surface area (Å²) in [5.41, 5.74) is 0. The molecule has 0 spiro atoms. The van der Waals surface area contributed by atoms with E-state index < -0.39 is 0 Å². The summed E-state index contributed by atoms with van der Waals surface area (Å²) in [4.78, 5) is 0. The van der Waals surface area contributed by atoms with E-state index in [-0.39, 0.29) is 6.29 Å². The molecule has 0 amide bonds. The Kier molecular flexibility index (Phi) is 8.81. The molecule has 112 valence electrons. The van der Waals surface area contributed by atoms with E-state index in [4.69, 9.17) is 9.47 Å². The third-order valence-corrected chi connectivity index (χ3v) is 3.65. The number of hydrogen-bond acceptors (Lipinski definition) is 2. The lowest BCUT2D eigenvalue weighted by atomic mass is 9.87. The minimum absolute atomic E-state index is 0.156. The highest BCUT2D eigenvalue weighted by atomic mass is 16.7. The van der Waals surface area contributed by atoms with Gasteiger partial charge in [0.05, 0.1) is 6.61 Å². The summed E-state index contributed by atoms with van der Waals surface area (Å²) in [6.07, 6.45) is 8.03. The van der Waals surface area contributed by atoms with Gasteiger partial charge in [-0.25, -0.2) is 0 Å². The number of rotatable bonds is 6. The topological polar surface area (TPSA) is 18.5 Å². The van der Waals surface area contributed by atoms with E-state index in [1.54, 1.807) is 0 Å². The fourth-order valence-corrected chi connectivity index (χ4v) is 2.60. The van der Waals surface area contributed by atoms with Crippen LogP contribution in [0.4, 0.5) is 0 Å². The molecule has 2 heteroatoms. The van der Waals surface area contributed by atoms with E-state index >= 15 is 0 Å². The number of ether oxygens (including phenoxy) is 2. The van der Waals surface area contributed by atoms with Gasteiger partial charge in [0.1, 0.15) is 5.75 Å². The first-order valence-electron chi connectivity index (χ1n) is 7.68. The van der Waals surface area contributed by atoms with Crippen molar-refractivity contribution in [2.75, 3.05) is 6.61 Å². The molecule has 1 fully saturated rings. The molecule has 0 aliphatic heterocycles. The van der Waals surface area contributed by atoms with Gasteiger partial charge in [0.15, 0.2) is 6.29 Å². The molecule has 2 rings (SSSR count). The van der Waals surface area contributed by atoms with Gasteiger partial charge in [-0.15, -0.1) is 13.2 Å². The largest absolute Gasteiger partial charge is 0.465 e. The van der Waals surface area contributed by atoms with Crippen molar-refractivity contribution in [3.8, 4) is 5.75 Å². The molecule has 0 saturated heterocycles. The van der Waals surface area contributed by atoms with Crippen LogP contribution in [0, 0.1) is 5.92 Å². The maximum Gasteiger partial charge on any atom is 0.196 e. The van der Waals surface area contributed by atoms with E-state index in [1.807, 2.05) is 37.3 Å². The molecule has 1 aliphatic rings. The quantitative estimate of drug-likeness (QED) is 0.525. The maximum absolute atomic E-state index is 5.73. The molecule has 0 bridgehead atoms. The Bertz CT molecular complexity index is 331. The maximum atomic E-state index is 5.73. The predicted octanol–water partition coefficient (Wildman–Crippen LogP) is 5.20. The minimum atomic E-state index is -0.156. The van der Waals surface area contributed by atoms with Crippen molar-refractivity contribution in [1.82, 2.24) is 0 Å². The SMILES string of the molecule is C=C.CC(OCCC1CCCCC1)Oc1ccccc1. The van der Waals surface area contributed by atoms with E-state index in [0.29, 0.717) is 0 Å². The average Bonchev–Trinajstić information content (AvgIpc) is 2.51. The van der Waals surface area contributed by atoms with Gasteiger partial charge in [-0.1, -0.05) is 50.3 Å². The molecule has 2 nitrogen and oxygen atoms in total. The van der Waals surface area contributed by atoms with Crippen molar-refractivity contribution in [2.24, 2.45) is 5.92 Å². The van der Waals surface area contributed by atoms with Crippen molar-refractivity contribution in [3.05, 3.63) is 43.5 Å². The molecule has 0 radical (unpaired) electrons. The fourth-order valence-electron chi connectivity index (χ4n) is 2.60. The van der Waals surface area contributed by atoms with E-state index in [0.717, 1.165) is 18.3 Å². The Morgan fingerprint density at radius 3 is 2.40 bits per heavy atom. The molecule has 1 aromatic carbocycles. The zero-order valence-corrected chi connectivity index (χ0v) is 12.7. The van der Waals surface area contributed by atoms with Crippen LogP contribution in [-0.4, -0.2) is 12.9 Å². The van der Waals surface area contributed by atoms with Crippen molar-refractivity contribution in [1.29, 1.82) is 0 Å². The Balaban J connectivity index is 0.000000956. The van der Waals surface area contributed by atoms with E-state index in [2.05, 4.69) is 13.2 Å². The Morgan fingerprint density at radius 2 is 1.75 bits per heavy atom. The molecule has 1 unspecified atom stereocenters. The monoisotopic (exact) mass is 276 g/mol. The summed E-state index contributed by atoms with van der Waals surface area (Å²) in [5.74, 6) is 1.75. The van der Waals surface area contributed by atoms with Crippen LogP contribution in [0.15, 0.2) is 43.5 Å². The van der Waals surface area contributed by atoms with Gasteiger partial charge in [-0.05, 0) is 31.4 Å². The van der Waals surface area contributed by atoms with Gasteiger partial charge in [0.25, 0.3) is 0 Å². The lowest BCUT2D eigenvalue weighted by Gasteiger charge is -2.22. The summed E-state index contributed by atoms with van der Waals surface area (Å²) in [6, 6.07) is 9.86. The second-order valence-corrected chi connectivity index (χ2v) is 5.16. The molecule has 1 atom stereocenters. The molecule has 20 heavy (non-hydrogen) atoms. The average molecular weight is 276 g/mol. The van der Waals surface area contributed by atoms with Crippen LogP contribution < -0.4 is 4.74 Å². The molecule has 0 N–H and O–H groups in total. The van der Waals surface area contributed by atoms with Crippen LogP contribution >= 0.6 is 0 Å². The van der Waals surface area contributed by atoms with Crippen molar-refractivity contribution >= 4 is 0 Å². The molecule has 0 aromatic heterocycles. The van der Waals surface area contributed by atoms with Gasteiger partial charge < -0.3 is 9.47 Å². The van der Waals surface area contributed by atoms with Gasteiger partial charge in [-0.2, -0.15) is 0 Å². The lowest BCUT2D eigenvalue weighted by molar-refractivity contribution is -0.0711. The van der Waals surface area contributed by atoms with Crippen LogP contribution in [0.1, 0.15) is 45.4 Å². The zero-order chi connectivity index (χ0) is 14.6. The predicted molar refractivity (Wildman–Crippen MR) is 84.9 cm³/mol. The molecule has 0 heterocycles.